The Morgan fingerprint density at radius 1 is 1.07 bits per heavy atom. The fourth-order valence-corrected chi connectivity index (χ4v) is 3.39. The summed E-state index contributed by atoms with van der Waals surface area (Å²) in [6.07, 6.45) is 1.84. The molecule has 158 valence electrons. The van der Waals surface area contributed by atoms with Gasteiger partial charge in [0.05, 0.1) is 6.54 Å². The normalized spacial score (nSPS) is 14.4. The van der Waals surface area contributed by atoms with Crippen molar-refractivity contribution in [1.82, 2.24) is 20.4 Å². The van der Waals surface area contributed by atoms with Crippen LogP contribution in [0.1, 0.15) is 12.6 Å². The van der Waals surface area contributed by atoms with Crippen LogP contribution in [0, 0.1) is 0 Å². The Kier molecular flexibility index (Phi) is 8.06. The van der Waals surface area contributed by atoms with Gasteiger partial charge in [-0.25, -0.2) is 9.98 Å². The lowest BCUT2D eigenvalue weighted by Crippen LogP contribution is -2.52. The third-order valence-electron chi connectivity index (χ3n) is 4.90. The molecule has 1 aromatic carbocycles. The smallest absolute Gasteiger partial charge is 0.194 e. The quantitative estimate of drug-likeness (QED) is 0.316. The summed E-state index contributed by atoms with van der Waals surface area (Å²) in [5.74, 6) is 2.72. The van der Waals surface area contributed by atoms with Crippen LogP contribution in [0.15, 0.2) is 70.3 Å². The molecule has 8 heteroatoms. The van der Waals surface area contributed by atoms with Crippen molar-refractivity contribution in [3.05, 3.63) is 66.5 Å². The first-order valence-electron chi connectivity index (χ1n) is 10.0. The number of benzene rings is 1. The number of nitrogens with one attached hydrogen (secondary N) is 1. The lowest BCUT2D eigenvalue weighted by atomic mass is 10.2. The van der Waals surface area contributed by atoms with Crippen molar-refractivity contribution in [2.75, 3.05) is 37.6 Å². The fourth-order valence-electron chi connectivity index (χ4n) is 3.39. The highest BCUT2D eigenvalue weighted by atomic mass is 127. The predicted molar refractivity (Wildman–Crippen MR) is 130 cm³/mol. The molecule has 1 aliphatic heterocycles. The lowest BCUT2D eigenvalue weighted by Gasteiger charge is -2.37. The van der Waals surface area contributed by atoms with Gasteiger partial charge in [-0.3, -0.25) is 0 Å². The van der Waals surface area contributed by atoms with Gasteiger partial charge in [0.25, 0.3) is 0 Å². The number of aromatic nitrogens is 2. The third-order valence-corrected chi connectivity index (χ3v) is 4.90. The van der Waals surface area contributed by atoms with E-state index in [1.165, 1.54) is 0 Å². The Morgan fingerprint density at radius 3 is 2.53 bits per heavy atom. The second kappa shape index (κ2) is 11.0. The number of pyridine rings is 1. The number of rotatable bonds is 5. The highest BCUT2D eigenvalue weighted by Crippen LogP contribution is 2.20. The number of piperazine rings is 1. The van der Waals surface area contributed by atoms with Crippen LogP contribution in [0.5, 0.6) is 0 Å². The number of hydrogen-bond donors (Lipinski definition) is 1. The summed E-state index contributed by atoms with van der Waals surface area (Å²) in [6, 6.07) is 18.0. The number of nitrogens with zero attached hydrogens (tertiary/aromatic N) is 5. The Hall–Kier alpha value is -2.62. The van der Waals surface area contributed by atoms with Crippen LogP contribution >= 0.6 is 24.0 Å². The van der Waals surface area contributed by atoms with Crippen LogP contribution in [-0.2, 0) is 6.54 Å². The molecule has 0 unspecified atom stereocenters. The van der Waals surface area contributed by atoms with Crippen molar-refractivity contribution >= 4 is 35.8 Å². The molecular formula is C22H27IN6O. The highest BCUT2D eigenvalue weighted by Gasteiger charge is 2.20. The van der Waals surface area contributed by atoms with Crippen LogP contribution in [-0.4, -0.2) is 53.7 Å². The van der Waals surface area contributed by atoms with Crippen molar-refractivity contribution in [1.29, 1.82) is 0 Å². The standard InChI is InChI=1S/C22H26N6O.HI/c1-2-23-22(28-14-12-27(13-15-28)21-10-6-7-11-24-21)25-17-19-16-20(29-26-19)18-8-4-3-5-9-18;/h3-11,16H,2,12-15,17H2,1H3,(H,23,25);1H. The number of hydrogen-bond acceptors (Lipinski definition) is 5. The van der Waals surface area contributed by atoms with Gasteiger partial charge in [0.1, 0.15) is 11.5 Å². The molecule has 0 amide bonds. The van der Waals surface area contributed by atoms with Crippen molar-refractivity contribution in [2.24, 2.45) is 4.99 Å². The molecule has 0 saturated carbocycles. The molecule has 7 nitrogen and oxygen atoms in total. The van der Waals surface area contributed by atoms with E-state index in [0.29, 0.717) is 6.54 Å². The van der Waals surface area contributed by atoms with E-state index in [-0.39, 0.29) is 24.0 Å². The Morgan fingerprint density at radius 2 is 1.83 bits per heavy atom. The van der Waals surface area contributed by atoms with Crippen molar-refractivity contribution in [2.45, 2.75) is 13.5 Å². The largest absolute Gasteiger partial charge is 0.357 e. The van der Waals surface area contributed by atoms with Crippen molar-refractivity contribution in [3.63, 3.8) is 0 Å². The first-order valence-corrected chi connectivity index (χ1v) is 10.0. The zero-order valence-electron chi connectivity index (χ0n) is 17.1. The molecule has 0 spiro atoms. The first kappa shape index (κ1) is 22.1. The molecule has 1 aliphatic rings. The van der Waals surface area contributed by atoms with E-state index in [2.05, 4.69) is 38.2 Å². The number of halogens is 1. The van der Waals surface area contributed by atoms with E-state index < -0.39 is 0 Å². The predicted octanol–water partition coefficient (Wildman–Crippen LogP) is 3.64. The summed E-state index contributed by atoms with van der Waals surface area (Å²) < 4.78 is 5.48. The number of anilines is 1. The Bertz CT molecular complexity index is 923. The second-order valence-electron chi connectivity index (χ2n) is 6.88. The van der Waals surface area contributed by atoms with Gasteiger partial charge in [-0.15, -0.1) is 24.0 Å². The third kappa shape index (κ3) is 5.50. The minimum absolute atomic E-state index is 0. The van der Waals surface area contributed by atoms with E-state index in [1.807, 2.05) is 54.7 Å². The number of aliphatic imine (C=N–C) groups is 1. The van der Waals surface area contributed by atoms with Crippen LogP contribution in [0.2, 0.25) is 0 Å². The molecular weight excluding hydrogens is 491 g/mol. The van der Waals surface area contributed by atoms with E-state index in [0.717, 1.165) is 61.5 Å². The van der Waals surface area contributed by atoms with Gasteiger partial charge in [0.2, 0.25) is 0 Å². The molecule has 30 heavy (non-hydrogen) atoms. The molecule has 0 atom stereocenters. The molecule has 2 aromatic heterocycles. The van der Waals surface area contributed by atoms with Crippen LogP contribution in [0.25, 0.3) is 11.3 Å². The number of guanidine groups is 1. The van der Waals surface area contributed by atoms with Gasteiger partial charge in [-0.05, 0) is 19.1 Å². The average Bonchev–Trinajstić information content (AvgIpc) is 3.27. The van der Waals surface area contributed by atoms with Gasteiger partial charge < -0.3 is 19.6 Å². The summed E-state index contributed by atoms with van der Waals surface area (Å²) >= 11 is 0. The van der Waals surface area contributed by atoms with E-state index >= 15 is 0 Å². The van der Waals surface area contributed by atoms with Crippen LogP contribution in [0.4, 0.5) is 5.82 Å². The van der Waals surface area contributed by atoms with Gasteiger partial charge >= 0.3 is 0 Å². The molecule has 1 saturated heterocycles. The monoisotopic (exact) mass is 518 g/mol. The molecule has 3 heterocycles. The maximum absolute atomic E-state index is 5.48. The van der Waals surface area contributed by atoms with E-state index in [9.17, 15) is 0 Å². The summed E-state index contributed by atoms with van der Waals surface area (Å²) in [4.78, 5) is 13.8. The van der Waals surface area contributed by atoms with Crippen LogP contribution in [0.3, 0.4) is 0 Å². The van der Waals surface area contributed by atoms with Crippen LogP contribution < -0.4 is 10.2 Å². The maximum atomic E-state index is 5.48. The minimum atomic E-state index is 0. The summed E-state index contributed by atoms with van der Waals surface area (Å²) in [6.45, 7) is 7.04. The van der Waals surface area contributed by atoms with Gasteiger partial charge in [0, 0.05) is 50.6 Å². The molecule has 0 aliphatic carbocycles. The molecule has 0 radical (unpaired) electrons. The van der Waals surface area contributed by atoms with E-state index in [4.69, 9.17) is 9.52 Å². The van der Waals surface area contributed by atoms with Gasteiger partial charge in [-0.1, -0.05) is 41.6 Å². The second-order valence-corrected chi connectivity index (χ2v) is 6.88. The topological polar surface area (TPSA) is 69.8 Å². The highest BCUT2D eigenvalue weighted by molar-refractivity contribution is 14.0. The molecule has 1 fully saturated rings. The lowest BCUT2D eigenvalue weighted by molar-refractivity contribution is 0.371. The van der Waals surface area contributed by atoms with Crippen molar-refractivity contribution < 1.29 is 4.52 Å². The summed E-state index contributed by atoms with van der Waals surface area (Å²) in [5, 5.41) is 7.58. The Labute approximate surface area is 194 Å². The molecule has 0 bridgehead atoms. The zero-order chi connectivity index (χ0) is 19.9. The minimum Gasteiger partial charge on any atom is -0.357 e. The fraction of sp³-hybridized carbons (Fsp3) is 0.318. The SMILES string of the molecule is CCNC(=NCc1cc(-c2ccccc2)on1)N1CCN(c2ccccn2)CC1.I. The molecule has 4 rings (SSSR count). The summed E-state index contributed by atoms with van der Waals surface area (Å²) in [7, 11) is 0. The molecule has 1 N–H and O–H groups in total. The van der Waals surface area contributed by atoms with Crippen molar-refractivity contribution in [3.8, 4) is 11.3 Å². The Balaban J connectivity index is 0.00000256. The first-order chi connectivity index (χ1) is 14.3. The average molecular weight is 518 g/mol. The maximum Gasteiger partial charge on any atom is 0.194 e. The zero-order valence-corrected chi connectivity index (χ0v) is 19.4. The summed E-state index contributed by atoms with van der Waals surface area (Å²) in [5.41, 5.74) is 1.85. The van der Waals surface area contributed by atoms with Gasteiger partial charge in [0.15, 0.2) is 11.7 Å². The molecule has 3 aromatic rings. The van der Waals surface area contributed by atoms with E-state index in [1.54, 1.807) is 0 Å². The van der Waals surface area contributed by atoms with Gasteiger partial charge in [-0.2, -0.15) is 0 Å².